The molecule has 5 rings (SSSR count). The zero-order valence-corrected chi connectivity index (χ0v) is 23.9. The van der Waals surface area contributed by atoms with Crippen molar-refractivity contribution in [1.82, 2.24) is 0 Å². The van der Waals surface area contributed by atoms with Crippen molar-refractivity contribution in [3.05, 3.63) is 135 Å². The van der Waals surface area contributed by atoms with Crippen LogP contribution in [-0.2, 0) is 11.4 Å². The second-order valence-electron chi connectivity index (χ2n) is 9.26. The standard InChI is InChI=1S/C33H24Cl2N2O5/c1-39-30-16-22(7-14-28(30)40-19-21-4-10-24(35)11-5-21)32-26-13-12-25(17-29(26)42-33(37)27(32)18-36)41-31(38)15-6-20-2-8-23(34)9-3-20/h2-17,32H,19,37H2,1H3/b15-6+. The number of allylic oxidation sites excluding steroid dienone is 1. The van der Waals surface area contributed by atoms with Crippen LogP contribution in [0.1, 0.15) is 28.2 Å². The number of methoxy groups -OCH3 is 1. The smallest absolute Gasteiger partial charge is 0.336 e. The summed E-state index contributed by atoms with van der Waals surface area (Å²) in [5.74, 6) is 0.491. The molecule has 4 aromatic carbocycles. The molecule has 0 saturated carbocycles. The molecule has 0 amide bonds. The summed E-state index contributed by atoms with van der Waals surface area (Å²) in [6.07, 6.45) is 2.94. The first-order chi connectivity index (χ1) is 20.3. The lowest BCUT2D eigenvalue weighted by Gasteiger charge is -2.27. The van der Waals surface area contributed by atoms with Crippen LogP contribution in [0.2, 0.25) is 10.0 Å². The van der Waals surface area contributed by atoms with E-state index in [0.717, 1.165) is 16.7 Å². The van der Waals surface area contributed by atoms with E-state index in [9.17, 15) is 10.1 Å². The minimum absolute atomic E-state index is 0.0388. The Morgan fingerprint density at radius 3 is 2.38 bits per heavy atom. The van der Waals surface area contributed by atoms with E-state index in [0.29, 0.717) is 39.5 Å². The third-order valence-electron chi connectivity index (χ3n) is 6.52. The highest BCUT2D eigenvalue weighted by Gasteiger charge is 2.31. The summed E-state index contributed by atoms with van der Waals surface area (Å²) in [4.78, 5) is 12.4. The van der Waals surface area contributed by atoms with Gasteiger partial charge in [0.1, 0.15) is 29.7 Å². The van der Waals surface area contributed by atoms with Gasteiger partial charge in [0, 0.05) is 27.8 Å². The van der Waals surface area contributed by atoms with Gasteiger partial charge in [-0.1, -0.05) is 59.6 Å². The molecule has 0 bridgehead atoms. The first kappa shape index (κ1) is 28.6. The molecule has 0 radical (unpaired) electrons. The lowest BCUT2D eigenvalue weighted by molar-refractivity contribution is -0.128. The molecule has 1 aliphatic rings. The van der Waals surface area contributed by atoms with Gasteiger partial charge in [-0.2, -0.15) is 5.26 Å². The van der Waals surface area contributed by atoms with Crippen molar-refractivity contribution in [1.29, 1.82) is 5.26 Å². The fraction of sp³-hybridized carbons (Fsp3) is 0.0909. The van der Waals surface area contributed by atoms with Crippen LogP contribution in [0.3, 0.4) is 0 Å². The second-order valence-corrected chi connectivity index (χ2v) is 10.1. The van der Waals surface area contributed by atoms with Crippen LogP contribution < -0.4 is 24.7 Å². The number of halogens is 2. The Bertz CT molecular complexity index is 1730. The number of hydrogen-bond acceptors (Lipinski definition) is 7. The maximum Gasteiger partial charge on any atom is 0.336 e. The Hall–Kier alpha value is -4.90. The van der Waals surface area contributed by atoms with Crippen molar-refractivity contribution in [3.8, 4) is 29.1 Å². The van der Waals surface area contributed by atoms with Gasteiger partial charge in [0.05, 0.1) is 13.0 Å². The van der Waals surface area contributed by atoms with E-state index in [2.05, 4.69) is 6.07 Å². The van der Waals surface area contributed by atoms with Crippen molar-refractivity contribution in [2.75, 3.05) is 7.11 Å². The molecule has 210 valence electrons. The summed E-state index contributed by atoms with van der Waals surface area (Å²) in [7, 11) is 1.55. The quantitative estimate of drug-likeness (QED) is 0.128. The molecule has 1 heterocycles. The molecule has 0 aliphatic carbocycles. The predicted molar refractivity (Wildman–Crippen MR) is 161 cm³/mol. The average Bonchev–Trinajstić information content (AvgIpc) is 2.99. The highest BCUT2D eigenvalue weighted by atomic mass is 35.5. The van der Waals surface area contributed by atoms with E-state index in [1.54, 1.807) is 79.9 Å². The number of carbonyl (C=O) groups excluding carboxylic acids is 1. The monoisotopic (exact) mass is 598 g/mol. The van der Waals surface area contributed by atoms with Gasteiger partial charge in [0.2, 0.25) is 5.88 Å². The summed E-state index contributed by atoms with van der Waals surface area (Å²) < 4.78 is 22.9. The fourth-order valence-corrected chi connectivity index (χ4v) is 4.71. The molecule has 42 heavy (non-hydrogen) atoms. The molecular formula is C33H24Cl2N2O5. The van der Waals surface area contributed by atoms with Crippen molar-refractivity contribution in [3.63, 3.8) is 0 Å². The molecule has 0 fully saturated rings. The zero-order valence-electron chi connectivity index (χ0n) is 22.3. The molecule has 2 N–H and O–H groups in total. The van der Waals surface area contributed by atoms with Crippen LogP contribution in [0.5, 0.6) is 23.0 Å². The van der Waals surface area contributed by atoms with Gasteiger partial charge in [0.15, 0.2) is 11.5 Å². The van der Waals surface area contributed by atoms with E-state index >= 15 is 0 Å². The first-order valence-electron chi connectivity index (χ1n) is 12.8. The highest BCUT2D eigenvalue weighted by molar-refractivity contribution is 6.30. The maximum atomic E-state index is 12.4. The number of carbonyl (C=O) groups is 1. The van der Waals surface area contributed by atoms with E-state index < -0.39 is 11.9 Å². The number of benzene rings is 4. The summed E-state index contributed by atoms with van der Waals surface area (Å²) in [6.45, 7) is 0.319. The molecule has 1 atom stereocenters. The first-order valence-corrected chi connectivity index (χ1v) is 13.5. The fourth-order valence-electron chi connectivity index (χ4n) is 4.46. The number of rotatable bonds is 8. The largest absolute Gasteiger partial charge is 0.493 e. The van der Waals surface area contributed by atoms with Crippen LogP contribution in [-0.4, -0.2) is 13.1 Å². The van der Waals surface area contributed by atoms with Crippen molar-refractivity contribution >= 4 is 35.2 Å². The number of esters is 1. The van der Waals surface area contributed by atoms with E-state index in [4.69, 9.17) is 47.9 Å². The van der Waals surface area contributed by atoms with Gasteiger partial charge in [-0.3, -0.25) is 0 Å². The van der Waals surface area contributed by atoms with Crippen LogP contribution in [0.15, 0.2) is 102 Å². The molecule has 9 heteroatoms. The van der Waals surface area contributed by atoms with Crippen LogP contribution in [0.25, 0.3) is 6.08 Å². The van der Waals surface area contributed by atoms with Crippen LogP contribution >= 0.6 is 23.2 Å². The molecular weight excluding hydrogens is 575 g/mol. The topological polar surface area (TPSA) is 104 Å². The third-order valence-corrected chi connectivity index (χ3v) is 7.02. The van der Waals surface area contributed by atoms with Gasteiger partial charge in [-0.25, -0.2) is 4.79 Å². The van der Waals surface area contributed by atoms with Crippen molar-refractivity contribution in [2.45, 2.75) is 12.5 Å². The van der Waals surface area contributed by atoms with Gasteiger partial charge in [0.25, 0.3) is 0 Å². The van der Waals surface area contributed by atoms with Gasteiger partial charge >= 0.3 is 5.97 Å². The Kier molecular flexibility index (Phi) is 8.68. The Morgan fingerprint density at radius 1 is 0.976 bits per heavy atom. The van der Waals surface area contributed by atoms with Gasteiger partial charge in [-0.05, 0) is 65.2 Å². The number of nitrogens with two attached hydrogens (primary N) is 1. The number of nitrogens with zero attached hydrogens (tertiary/aromatic N) is 1. The number of ether oxygens (including phenoxy) is 4. The van der Waals surface area contributed by atoms with Crippen molar-refractivity contribution in [2.24, 2.45) is 5.73 Å². The minimum Gasteiger partial charge on any atom is -0.493 e. The molecule has 1 unspecified atom stereocenters. The Morgan fingerprint density at radius 2 is 1.69 bits per heavy atom. The Balaban J connectivity index is 1.38. The zero-order chi connectivity index (χ0) is 29.6. The lowest BCUT2D eigenvalue weighted by atomic mass is 9.83. The van der Waals surface area contributed by atoms with Gasteiger partial charge < -0.3 is 24.7 Å². The van der Waals surface area contributed by atoms with Crippen molar-refractivity contribution < 1.29 is 23.7 Å². The second kappa shape index (κ2) is 12.7. The number of fused-ring (bicyclic) bond motifs is 1. The van der Waals surface area contributed by atoms with Crippen LogP contribution in [0, 0.1) is 11.3 Å². The number of hydrogen-bond donors (Lipinski definition) is 1. The average molecular weight is 599 g/mol. The lowest BCUT2D eigenvalue weighted by Crippen LogP contribution is -2.21. The number of nitriles is 1. The molecule has 0 aromatic heterocycles. The Labute approximate surface area is 252 Å². The summed E-state index contributed by atoms with van der Waals surface area (Å²) in [5.41, 5.74) is 9.58. The third kappa shape index (κ3) is 6.52. The maximum absolute atomic E-state index is 12.4. The summed E-state index contributed by atoms with van der Waals surface area (Å²) in [6, 6.07) is 27.0. The van der Waals surface area contributed by atoms with Gasteiger partial charge in [-0.15, -0.1) is 0 Å². The summed E-state index contributed by atoms with van der Waals surface area (Å²) >= 11 is 11.9. The van der Waals surface area contributed by atoms with Crippen LogP contribution in [0.4, 0.5) is 0 Å². The molecule has 0 saturated heterocycles. The summed E-state index contributed by atoms with van der Waals surface area (Å²) in [5, 5.41) is 11.2. The SMILES string of the molecule is COc1cc(C2C(C#N)=C(N)Oc3cc(OC(=O)/C=C/c4ccc(Cl)cc4)ccc32)ccc1OCc1ccc(Cl)cc1. The molecule has 4 aromatic rings. The van der Waals surface area contributed by atoms with E-state index in [1.165, 1.54) is 6.08 Å². The molecule has 7 nitrogen and oxygen atoms in total. The highest BCUT2D eigenvalue weighted by Crippen LogP contribution is 2.45. The predicted octanol–water partition coefficient (Wildman–Crippen LogP) is 7.42. The van der Waals surface area contributed by atoms with E-state index in [-0.39, 0.29) is 17.2 Å². The molecule has 0 spiro atoms. The van der Waals surface area contributed by atoms with E-state index in [1.807, 2.05) is 18.2 Å². The molecule has 1 aliphatic heterocycles. The normalized spacial score (nSPS) is 14.1. The minimum atomic E-state index is -0.572.